The number of aliphatic hydroxyl groups is 1. The highest BCUT2D eigenvalue weighted by molar-refractivity contribution is 5.95. The first kappa shape index (κ1) is 19.9. The molecule has 1 saturated heterocycles. The Hall–Kier alpha value is -2.45. The van der Waals surface area contributed by atoms with Crippen LogP contribution in [0.5, 0.6) is 0 Å². The Morgan fingerprint density at radius 3 is 2.46 bits per heavy atom. The molecular formula is C18H24N2O6. The number of carboxylic acid groups (broad SMARTS) is 1. The molecule has 0 saturated carbocycles. The number of carbonyl (C=O) groups excluding carboxylic acids is 2. The molecule has 4 N–H and O–H groups in total. The second-order valence-corrected chi connectivity index (χ2v) is 6.12. The van der Waals surface area contributed by atoms with Gasteiger partial charge in [0.2, 0.25) is 5.91 Å². The number of carboxylic acids is 1. The number of hydrogen-bond donors (Lipinski definition) is 4. The first-order chi connectivity index (χ1) is 12.5. The lowest BCUT2D eigenvalue weighted by Crippen LogP contribution is -2.48. The van der Waals surface area contributed by atoms with E-state index in [1.165, 1.54) is 0 Å². The molecule has 0 radical (unpaired) electrons. The predicted octanol–water partition coefficient (Wildman–Crippen LogP) is -0.155. The Kier molecular flexibility index (Phi) is 7.55. The van der Waals surface area contributed by atoms with E-state index in [1.807, 2.05) is 30.3 Å². The Balaban J connectivity index is 1.90. The fourth-order valence-electron chi connectivity index (χ4n) is 2.55. The molecular weight excluding hydrogens is 340 g/mol. The van der Waals surface area contributed by atoms with Crippen molar-refractivity contribution in [1.29, 1.82) is 0 Å². The predicted molar refractivity (Wildman–Crippen MR) is 92.3 cm³/mol. The van der Waals surface area contributed by atoms with Crippen LogP contribution < -0.4 is 10.6 Å². The van der Waals surface area contributed by atoms with Crippen molar-refractivity contribution in [3.63, 3.8) is 0 Å². The molecule has 0 aliphatic carbocycles. The summed E-state index contributed by atoms with van der Waals surface area (Å²) >= 11 is 0. The van der Waals surface area contributed by atoms with Gasteiger partial charge >= 0.3 is 5.97 Å². The summed E-state index contributed by atoms with van der Waals surface area (Å²) in [6.07, 6.45) is -0.00635. The van der Waals surface area contributed by atoms with Gasteiger partial charge < -0.3 is 25.6 Å². The quantitative estimate of drug-likeness (QED) is 0.319. The zero-order valence-corrected chi connectivity index (χ0v) is 14.4. The van der Waals surface area contributed by atoms with Crippen molar-refractivity contribution in [2.75, 3.05) is 13.2 Å². The molecule has 1 aromatic carbocycles. The second-order valence-electron chi connectivity index (χ2n) is 6.12. The van der Waals surface area contributed by atoms with Crippen molar-refractivity contribution < 1.29 is 29.3 Å². The van der Waals surface area contributed by atoms with Crippen LogP contribution in [0, 0.1) is 0 Å². The zero-order valence-electron chi connectivity index (χ0n) is 14.4. The van der Waals surface area contributed by atoms with E-state index < -0.39 is 30.1 Å². The number of amides is 2. The van der Waals surface area contributed by atoms with Gasteiger partial charge in [0, 0.05) is 13.2 Å². The fourth-order valence-corrected chi connectivity index (χ4v) is 2.55. The third kappa shape index (κ3) is 6.12. The lowest BCUT2D eigenvalue weighted by Gasteiger charge is -2.18. The summed E-state index contributed by atoms with van der Waals surface area (Å²) in [6, 6.07) is 8.77. The number of nitrogens with one attached hydrogen (secondary N) is 2. The van der Waals surface area contributed by atoms with Crippen molar-refractivity contribution in [3.8, 4) is 0 Å². The van der Waals surface area contributed by atoms with Gasteiger partial charge in [-0.25, -0.2) is 4.79 Å². The average molecular weight is 364 g/mol. The van der Waals surface area contributed by atoms with Gasteiger partial charge in [-0.2, -0.15) is 0 Å². The zero-order chi connectivity index (χ0) is 18.9. The van der Waals surface area contributed by atoms with Crippen LogP contribution in [0.25, 0.3) is 0 Å². The summed E-state index contributed by atoms with van der Waals surface area (Å²) < 4.78 is 4.83. The molecule has 1 aromatic rings. The largest absolute Gasteiger partial charge is 0.479 e. The summed E-state index contributed by atoms with van der Waals surface area (Å²) in [5.74, 6) is -2.12. The Labute approximate surface area is 151 Å². The molecule has 8 heteroatoms. The highest BCUT2D eigenvalue weighted by Crippen LogP contribution is 2.22. The molecule has 0 aromatic heterocycles. The Bertz CT molecular complexity index is 621. The molecule has 1 heterocycles. The van der Waals surface area contributed by atoms with Gasteiger partial charge in [-0.15, -0.1) is 0 Å². The van der Waals surface area contributed by atoms with Crippen molar-refractivity contribution in [1.82, 2.24) is 10.6 Å². The van der Waals surface area contributed by atoms with Crippen LogP contribution in [-0.4, -0.2) is 59.4 Å². The maximum absolute atomic E-state index is 12.4. The van der Waals surface area contributed by atoms with Crippen LogP contribution in [0.2, 0.25) is 0 Å². The van der Waals surface area contributed by atoms with E-state index in [1.54, 1.807) is 0 Å². The molecule has 1 aliphatic heterocycles. The number of aryl methyl sites for hydroxylation is 1. The molecule has 0 unspecified atom stereocenters. The van der Waals surface area contributed by atoms with Gasteiger partial charge in [-0.3, -0.25) is 9.59 Å². The molecule has 142 valence electrons. The van der Waals surface area contributed by atoms with Gasteiger partial charge in [0.25, 0.3) is 5.91 Å². The van der Waals surface area contributed by atoms with Gasteiger partial charge in [-0.1, -0.05) is 30.3 Å². The van der Waals surface area contributed by atoms with E-state index in [2.05, 4.69) is 10.6 Å². The van der Waals surface area contributed by atoms with Crippen LogP contribution in [0.4, 0.5) is 0 Å². The number of hydrogen-bond acceptors (Lipinski definition) is 5. The van der Waals surface area contributed by atoms with E-state index in [0.717, 1.165) is 5.56 Å². The topological polar surface area (TPSA) is 128 Å². The number of epoxide rings is 1. The highest BCUT2D eigenvalue weighted by atomic mass is 16.6. The summed E-state index contributed by atoms with van der Waals surface area (Å²) in [5.41, 5.74) is 1.03. The van der Waals surface area contributed by atoms with Crippen LogP contribution in [0.15, 0.2) is 30.3 Å². The van der Waals surface area contributed by atoms with E-state index in [9.17, 15) is 14.4 Å². The minimum Gasteiger partial charge on any atom is -0.479 e. The summed E-state index contributed by atoms with van der Waals surface area (Å²) in [7, 11) is 0. The Morgan fingerprint density at radius 2 is 1.85 bits per heavy atom. The lowest BCUT2D eigenvalue weighted by atomic mass is 10.0. The summed E-state index contributed by atoms with van der Waals surface area (Å²) in [4.78, 5) is 35.3. The second kappa shape index (κ2) is 9.88. The first-order valence-corrected chi connectivity index (χ1v) is 8.64. The number of rotatable bonds is 11. The molecule has 26 heavy (non-hydrogen) atoms. The molecule has 3 atom stereocenters. The average Bonchev–Trinajstić information content (AvgIpc) is 3.44. The number of aliphatic hydroxyl groups excluding tert-OH is 1. The monoisotopic (exact) mass is 364 g/mol. The maximum Gasteiger partial charge on any atom is 0.336 e. The summed E-state index contributed by atoms with van der Waals surface area (Å²) in [5, 5.41) is 22.9. The first-order valence-electron chi connectivity index (χ1n) is 8.64. The number of carbonyl (C=O) groups is 3. The molecule has 0 spiro atoms. The van der Waals surface area contributed by atoms with Crippen LogP contribution >= 0.6 is 0 Å². The minimum atomic E-state index is -1.19. The van der Waals surface area contributed by atoms with Gasteiger partial charge in [0.15, 0.2) is 12.2 Å². The lowest BCUT2D eigenvalue weighted by molar-refractivity contribution is -0.138. The Morgan fingerprint density at radius 1 is 1.12 bits per heavy atom. The number of aliphatic carboxylic acids is 1. The van der Waals surface area contributed by atoms with Crippen molar-refractivity contribution >= 4 is 17.8 Å². The summed E-state index contributed by atoms with van der Waals surface area (Å²) in [6.45, 7) is 0.453. The molecule has 2 rings (SSSR count). The van der Waals surface area contributed by atoms with Crippen LogP contribution in [0.1, 0.15) is 24.8 Å². The van der Waals surface area contributed by atoms with E-state index in [4.69, 9.17) is 14.9 Å². The molecule has 8 nitrogen and oxygen atoms in total. The molecule has 1 aliphatic rings. The minimum absolute atomic E-state index is 0.0552. The van der Waals surface area contributed by atoms with Crippen LogP contribution in [-0.2, 0) is 25.5 Å². The standard InChI is InChI=1S/C18H24N2O6/c21-11-5-4-10-19-16(22)13(9-8-12-6-2-1-3-7-12)20-17(23)14-15(26-14)18(24)25/h1-3,6-7,13-15,21H,4-5,8-11H2,(H,19,22)(H,20,23)(H,24,25)/t13-,14-,15-/m0/s1. The normalized spacial score (nSPS) is 19.4. The van der Waals surface area contributed by atoms with Gasteiger partial charge in [-0.05, 0) is 31.2 Å². The fraction of sp³-hybridized carbons (Fsp3) is 0.500. The molecule has 0 bridgehead atoms. The van der Waals surface area contributed by atoms with E-state index in [-0.39, 0.29) is 12.5 Å². The highest BCUT2D eigenvalue weighted by Gasteiger charge is 2.51. The smallest absolute Gasteiger partial charge is 0.336 e. The maximum atomic E-state index is 12.4. The number of ether oxygens (including phenoxy) is 1. The third-order valence-electron chi connectivity index (χ3n) is 4.08. The molecule has 2 amide bonds. The molecule has 1 fully saturated rings. The van der Waals surface area contributed by atoms with Crippen molar-refractivity contribution in [2.24, 2.45) is 0 Å². The van der Waals surface area contributed by atoms with Gasteiger partial charge in [0.1, 0.15) is 6.04 Å². The van der Waals surface area contributed by atoms with Gasteiger partial charge in [0.05, 0.1) is 0 Å². The number of unbranched alkanes of at least 4 members (excludes halogenated alkanes) is 1. The van der Waals surface area contributed by atoms with E-state index >= 15 is 0 Å². The third-order valence-corrected chi connectivity index (χ3v) is 4.08. The SMILES string of the molecule is O=C(NCCCCO)[C@H](CCc1ccccc1)NC(=O)[C@H]1O[C@@H]1C(=O)O. The number of benzene rings is 1. The van der Waals surface area contributed by atoms with E-state index in [0.29, 0.717) is 32.2 Å². The van der Waals surface area contributed by atoms with Crippen molar-refractivity contribution in [2.45, 2.75) is 43.9 Å². The van der Waals surface area contributed by atoms with Crippen molar-refractivity contribution in [3.05, 3.63) is 35.9 Å². The van der Waals surface area contributed by atoms with Crippen LogP contribution in [0.3, 0.4) is 0 Å².